The van der Waals surface area contributed by atoms with Crippen LogP contribution in [0.5, 0.6) is 0 Å². The van der Waals surface area contributed by atoms with Gasteiger partial charge < -0.3 is 15.1 Å². The topological polar surface area (TPSA) is 36.8 Å². The number of anilines is 2. The van der Waals surface area contributed by atoms with E-state index in [0.29, 0.717) is 44.3 Å². The van der Waals surface area contributed by atoms with Gasteiger partial charge in [-0.15, -0.1) is 0 Å². The molecule has 1 heterocycles. The Labute approximate surface area is 175 Å². The summed E-state index contributed by atoms with van der Waals surface area (Å²) >= 11 is 0. The van der Waals surface area contributed by atoms with Crippen LogP contribution in [0.25, 0.3) is 0 Å². The molecule has 1 aliphatic rings. The molecule has 1 amide bonds. The number of nitrogens with one attached hydrogen (secondary N) is 2. The highest BCUT2D eigenvalue weighted by Crippen LogP contribution is 2.31. The quantitative estimate of drug-likeness (QED) is 0.750. The number of benzene rings is 2. The van der Waals surface area contributed by atoms with Crippen LogP contribution >= 0.6 is 0 Å². The smallest absolute Gasteiger partial charge is 0.360 e. The molecular formula is C23H29F3N3O+. The van der Waals surface area contributed by atoms with Gasteiger partial charge in [0.15, 0.2) is 6.54 Å². The number of alkyl halides is 3. The Morgan fingerprint density at radius 3 is 2.50 bits per heavy atom. The van der Waals surface area contributed by atoms with Crippen molar-refractivity contribution in [2.45, 2.75) is 32.4 Å². The number of rotatable bonds is 6. The number of carbonyl (C=O) groups is 1. The van der Waals surface area contributed by atoms with Crippen molar-refractivity contribution in [3.63, 3.8) is 0 Å². The number of hydrogen-bond acceptors (Lipinski definition) is 2. The van der Waals surface area contributed by atoms with Crippen LogP contribution in [0.4, 0.5) is 24.5 Å². The zero-order valence-electron chi connectivity index (χ0n) is 17.4. The Morgan fingerprint density at radius 2 is 1.83 bits per heavy atom. The summed E-state index contributed by atoms with van der Waals surface area (Å²) in [6.07, 6.45) is -3.34. The van der Waals surface area contributed by atoms with E-state index >= 15 is 0 Å². The number of para-hydroxylation sites is 1. The lowest BCUT2D eigenvalue weighted by molar-refractivity contribution is -0.892. The molecule has 0 aromatic heterocycles. The lowest BCUT2D eigenvalue weighted by atomic mass is 9.97. The van der Waals surface area contributed by atoms with Crippen LogP contribution in [0.2, 0.25) is 0 Å². The predicted octanol–water partition coefficient (Wildman–Crippen LogP) is 3.56. The van der Waals surface area contributed by atoms with E-state index in [9.17, 15) is 18.0 Å². The first-order valence-electron chi connectivity index (χ1n) is 10.4. The van der Waals surface area contributed by atoms with Gasteiger partial charge in [-0.2, -0.15) is 13.2 Å². The third-order valence-electron chi connectivity index (χ3n) is 5.80. The van der Waals surface area contributed by atoms with Crippen LogP contribution in [0, 0.1) is 0 Å². The Balaban J connectivity index is 1.55. The highest BCUT2D eigenvalue weighted by molar-refractivity contribution is 5.92. The number of hydrogen-bond donors (Lipinski definition) is 2. The maximum atomic E-state index is 13.0. The molecule has 0 radical (unpaired) electrons. The van der Waals surface area contributed by atoms with Gasteiger partial charge in [0.1, 0.15) is 0 Å². The summed E-state index contributed by atoms with van der Waals surface area (Å²) < 4.78 is 38.9. The largest absolute Gasteiger partial charge is 0.416 e. The molecule has 2 N–H and O–H groups in total. The molecule has 0 spiro atoms. The van der Waals surface area contributed by atoms with Crippen LogP contribution in [0.1, 0.15) is 37.3 Å². The summed E-state index contributed by atoms with van der Waals surface area (Å²) in [5.41, 5.74) is 1.95. The maximum Gasteiger partial charge on any atom is 0.416 e. The van der Waals surface area contributed by atoms with Gasteiger partial charge in [-0.3, -0.25) is 4.79 Å². The third-order valence-corrected chi connectivity index (χ3v) is 5.80. The average Bonchev–Trinajstić information content (AvgIpc) is 2.73. The fourth-order valence-corrected chi connectivity index (χ4v) is 3.82. The van der Waals surface area contributed by atoms with E-state index in [4.69, 9.17) is 0 Å². The number of piperazine rings is 1. The number of amides is 1. The lowest BCUT2D eigenvalue weighted by Gasteiger charge is -2.33. The zero-order valence-corrected chi connectivity index (χ0v) is 17.4. The molecule has 1 atom stereocenters. The summed E-state index contributed by atoms with van der Waals surface area (Å²) in [6.45, 7) is 7.26. The van der Waals surface area contributed by atoms with Gasteiger partial charge in [-0.25, -0.2) is 0 Å². The van der Waals surface area contributed by atoms with Crippen molar-refractivity contribution in [1.29, 1.82) is 0 Å². The van der Waals surface area contributed by atoms with Crippen molar-refractivity contribution in [3.8, 4) is 0 Å². The molecule has 2 aromatic rings. The first kappa shape index (κ1) is 22.2. The minimum atomic E-state index is -4.34. The van der Waals surface area contributed by atoms with Gasteiger partial charge in [0.05, 0.1) is 31.7 Å². The second-order valence-corrected chi connectivity index (χ2v) is 7.91. The first-order chi connectivity index (χ1) is 14.3. The molecule has 0 saturated carbocycles. The van der Waals surface area contributed by atoms with Crippen LogP contribution in [-0.4, -0.2) is 38.6 Å². The molecule has 7 heteroatoms. The normalized spacial score (nSPS) is 16.4. The fraction of sp³-hybridized carbons (Fsp3) is 0.435. The van der Waals surface area contributed by atoms with Gasteiger partial charge in [0.25, 0.3) is 5.91 Å². The summed E-state index contributed by atoms with van der Waals surface area (Å²) in [5, 5.41) is 3.04. The van der Waals surface area contributed by atoms with Gasteiger partial charge in [-0.05, 0) is 42.2 Å². The lowest BCUT2D eigenvalue weighted by Crippen LogP contribution is -3.15. The second kappa shape index (κ2) is 9.51. The Hall–Kier alpha value is -2.54. The number of halogens is 3. The van der Waals surface area contributed by atoms with Gasteiger partial charge in [0.2, 0.25) is 0 Å². The Morgan fingerprint density at radius 1 is 1.13 bits per heavy atom. The van der Waals surface area contributed by atoms with E-state index in [1.807, 2.05) is 29.2 Å². The summed E-state index contributed by atoms with van der Waals surface area (Å²) in [6, 6.07) is 13.3. The SMILES string of the molecule is CC[C@@H](C)c1ccccc1NC(=O)C[NH+]1CCN(c2cccc(C(F)(F)F)c2)CC1. The molecule has 1 saturated heterocycles. The van der Waals surface area contributed by atoms with Crippen LogP contribution in [0.15, 0.2) is 48.5 Å². The molecule has 3 rings (SSSR count). The summed E-state index contributed by atoms with van der Waals surface area (Å²) in [5.74, 6) is 0.332. The van der Waals surface area contributed by atoms with Crippen molar-refractivity contribution < 1.29 is 22.9 Å². The second-order valence-electron chi connectivity index (χ2n) is 7.91. The fourth-order valence-electron chi connectivity index (χ4n) is 3.82. The number of carbonyl (C=O) groups excluding carboxylic acids is 1. The Kier molecular flexibility index (Phi) is 7.02. The van der Waals surface area contributed by atoms with Crippen LogP contribution in [0.3, 0.4) is 0 Å². The summed E-state index contributed by atoms with van der Waals surface area (Å²) in [4.78, 5) is 15.7. The molecule has 0 aliphatic carbocycles. The highest BCUT2D eigenvalue weighted by Gasteiger charge is 2.31. The van der Waals surface area contributed by atoms with Gasteiger partial charge in [-0.1, -0.05) is 38.1 Å². The number of nitrogens with zero attached hydrogens (tertiary/aromatic N) is 1. The molecular weight excluding hydrogens is 391 g/mol. The minimum Gasteiger partial charge on any atom is -0.360 e. The summed E-state index contributed by atoms with van der Waals surface area (Å²) in [7, 11) is 0. The minimum absolute atomic E-state index is 0.0340. The molecule has 0 unspecified atom stereocenters. The van der Waals surface area contributed by atoms with Gasteiger partial charge >= 0.3 is 6.18 Å². The van der Waals surface area contributed by atoms with E-state index in [2.05, 4.69) is 19.2 Å². The first-order valence-corrected chi connectivity index (χ1v) is 10.4. The van der Waals surface area contributed by atoms with Crippen molar-refractivity contribution in [1.82, 2.24) is 0 Å². The highest BCUT2D eigenvalue weighted by atomic mass is 19.4. The molecule has 4 nitrogen and oxygen atoms in total. The molecule has 1 fully saturated rings. The van der Waals surface area contributed by atoms with E-state index in [-0.39, 0.29) is 5.91 Å². The number of quaternary nitrogens is 1. The Bertz CT molecular complexity index is 861. The maximum absolute atomic E-state index is 13.0. The van der Waals surface area contributed by atoms with Crippen molar-refractivity contribution in [2.24, 2.45) is 0 Å². The standard InChI is InChI=1S/C23H28F3N3O/c1-3-17(2)20-9-4-5-10-21(20)27-22(30)16-28-11-13-29(14-12-28)19-8-6-7-18(15-19)23(24,25)26/h4-10,15,17H,3,11-14,16H2,1-2H3,(H,27,30)/p+1/t17-/m1/s1. The molecule has 30 heavy (non-hydrogen) atoms. The van der Waals surface area contributed by atoms with Crippen molar-refractivity contribution in [3.05, 3.63) is 59.7 Å². The van der Waals surface area contributed by atoms with E-state index < -0.39 is 11.7 Å². The zero-order chi connectivity index (χ0) is 21.7. The molecule has 1 aliphatic heterocycles. The van der Waals surface area contributed by atoms with Crippen LogP contribution < -0.4 is 15.1 Å². The van der Waals surface area contributed by atoms with Crippen molar-refractivity contribution >= 4 is 17.3 Å². The monoisotopic (exact) mass is 420 g/mol. The predicted molar refractivity (Wildman–Crippen MR) is 113 cm³/mol. The van der Waals surface area contributed by atoms with Crippen molar-refractivity contribution in [2.75, 3.05) is 42.9 Å². The van der Waals surface area contributed by atoms with E-state index in [1.54, 1.807) is 6.07 Å². The molecule has 162 valence electrons. The van der Waals surface area contributed by atoms with E-state index in [0.717, 1.165) is 28.6 Å². The van der Waals surface area contributed by atoms with Gasteiger partial charge in [0, 0.05) is 11.4 Å². The molecule has 0 bridgehead atoms. The van der Waals surface area contributed by atoms with Crippen LogP contribution in [-0.2, 0) is 11.0 Å². The molecule has 2 aromatic carbocycles. The van der Waals surface area contributed by atoms with E-state index in [1.165, 1.54) is 12.1 Å². The average molecular weight is 420 g/mol. The third kappa shape index (κ3) is 5.53.